The largest absolute Gasteiger partial charge is 0.497 e. The number of carbonyl (C=O) groups is 1. The van der Waals surface area contributed by atoms with Crippen molar-refractivity contribution >= 4 is 16.8 Å². The van der Waals surface area contributed by atoms with Gasteiger partial charge in [-0.15, -0.1) is 0 Å². The van der Waals surface area contributed by atoms with Crippen LogP contribution in [-0.2, 0) is 11.2 Å². The molecule has 1 aromatic heterocycles. The van der Waals surface area contributed by atoms with Crippen molar-refractivity contribution in [3.05, 3.63) is 30.0 Å². The molecule has 5 nitrogen and oxygen atoms in total. The fourth-order valence-electron chi connectivity index (χ4n) is 3.11. The zero-order valence-corrected chi connectivity index (χ0v) is 13.0. The normalized spacial score (nSPS) is 19.6. The molecule has 2 aromatic rings. The third-order valence-electron chi connectivity index (χ3n) is 4.58. The molecule has 5 heteroatoms. The molecule has 2 N–H and O–H groups in total. The molecule has 1 aliphatic heterocycles. The second kappa shape index (κ2) is 6.01. The summed E-state index contributed by atoms with van der Waals surface area (Å²) in [6, 6.07) is 5.82. The van der Waals surface area contributed by atoms with Gasteiger partial charge in [0.2, 0.25) is 5.91 Å². The smallest absolute Gasteiger partial charge is 0.227 e. The quantitative estimate of drug-likeness (QED) is 0.907. The second-order valence-corrected chi connectivity index (χ2v) is 6.03. The van der Waals surface area contributed by atoms with Gasteiger partial charge >= 0.3 is 0 Å². The molecule has 1 aliphatic rings. The van der Waals surface area contributed by atoms with Gasteiger partial charge in [0, 0.05) is 36.1 Å². The minimum atomic E-state index is -0.352. The highest BCUT2D eigenvalue weighted by Crippen LogP contribution is 2.25. The van der Waals surface area contributed by atoms with E-state index in [2.05, 4.69) is 4.98 Å². The number of H-pyrrole nitrogens is 1. The topological polar surface area (TPSA) is 65.6 Å². The van der Waals surface area contributed by atoms with Crippen molar-refractivity contribution in [3.8, 4) is 5.75 Å². The molecule has 1 aromatic carbocycles. The van der Waals surface area contributed by atoms with E-state index in [1.54, 1.807) is 14.0 Å². The van der Waals surface area contributed by atoms with Crippen LogP contribution in [0.4, 0.5) is 0 Å². The van der Waals surface area contributed by atoms with E-state index in [0.717, 1.165) is 35.2 Å². The fourth-order valence-corrected chi connectivity index (χ4v) is 3.11. The third kappa shape index (κ3) is 2.81. The summed E-state index contributed by atoms with van der Waals surface area (Å²) < 4.78 is 5.25. The predicted molar refractivity (Wildman–Crippen MR) is 84.9 cm³/mol. The monoisotopic (exact) mass is 302 g/mol. The number of nitrogens with zero attached hydrogens (tertiary/aromatic N) is 1. The first kappa shape index (κ1) is 14.9. The van der Waals surface area contributed by atoms with Crippen molar-refractivity contribution in [1.29, 1.82) is 0 Å². The number of carbonyl (C=O) groups excluding carboxylic acids is 1. The van der Waals surface area contributed by atoms with Crippen molar-refractivity contribution in [1.82, 2.24) is 9.88 Å². The van der Waals surface area contributed by atoms with E-state index in [1.807, 2.05) is 29.3 Å². The molecule has 22 heavy (non-hydrogen) atoms. The van der Waals surface area contributed by atoms with Gasteiger partial charge in [-0.2, -0.15) is 0 Å². The number of benzene rings is 1. The van der Waals surface area contributed by atoms with E-state index in [0.29, 0.717) is 13.0 Å². The summed E-state index contributed by atoms with van der Waals surface area (Å²) in [6.07, 6.45) is 2.80. The number of aliphatic hydroxyl groups is 1. The van der Waals surface area contributed by atoms with Crippen molar-refractivity contribution in [2.45, 2.75) is 25.9 Å². The summed E-state index contributed by atoms with van der Waals surface area (Å²) in [5, 5.41) is 10.7. The number of hydrogen-bond donors (Lipinski definition) is 2. The number of ether oxygens (including phenoxy) is 1. The van der Waals surface area contributed by atoms with Crippen molar-refractivity contribution < 1.29 is 14.6 Å². The predicted octanol–water partition coefficient (Wildman–Crippen LogP) is 1.95. The first-order valence-corrected chi connectivity index (χ1v) is 7.68. The van der Waals surface area contributed by atoms with Crippen LogP contribution in [0.2, 0.25) is 0 Å². The number of amides is 1. The summed E-state index contributed by atoms with van der Waals surface area (Å²) in [5.74, 6) is 1.11. The molecule has 2 unspecified atom stereocenters. The van der Waals surface area contributed by atoms with Crippen LogP contribution in [0, 0.1) is 5.92 Å². The average Bonchev–Trinajstić information content (AvgIpc) is 3.14. The Morgan fingerprint density at radius 3 is 3.05 bits per heavy atom. The van der Waals surface area contributed by atoms with Crippen LogP contribution in [0.5, 0.6) is 5.75 Å². The Hall–Kier alpha value is -2.01. The lowest BCUT2D eigenvalue weighted by Gasteiger charge is -2.17. The van der Waals surface area contributed by atoms with Gasteiger partial charge in [0.25, 0.3) is 0 Å². The molecular formula is C17H22N2O3. The Morgan fingerprint density at radius 2 is 2.36 bits per heavy atom. The van der Waals surface area contributed by atoms with E-state index >= 15 is 0 Å². The number of hydrogen-bond acceptors (Lipinski definition) is 3. The van der Waals surface area contributed by atoms with E-state index in [9.17, 15) is 9.90 Å². The number of nitrogens with one attached hydrogen (secondary N) is 1. The Labute approximate surface area is 129 Å². The van der Waals surface area contributed by atoms with Crippen molar-refractivity contribution in [2.24, 2.45) is 5.92 Å². The van der Waals surface area contributed by atoms with Gasteiger partial charge < -0.3 is 19.7 Å². The molecule has 0 radical (unpaired) electrons. The molecule has 2 atom stereocenters. The first-order valence-electron chi connectivity index (χ1n) is 7.68. The number of rotatable bonds is 4. The van der Waals surface area contributed by atoms with Crippen LogP contribution in [-0.4, -0.2) is 47.2 Å². The van der Waals surface area contributed by atoms with E-state index < -0.39 is 0 Å². The van der Waals surface area contributed by atoms with Crippen LogP contribution < -0.4 is 4.74 Å². The summed E-state index contributed by atoms with van der Waals surface area (Å²) in [6.45, 7) is 3.19. The number of aromatic nitrogens is 1. The fraction of sp³-hybridized carbons (Fsp3) is 0.471. The van der Waals surface area contributed by atoms with Gasteiger partial charge in [-0.05, 0) is 37.1 Å². The maximum absolute atomic E-state index is 12.5. The third-order valence-corrected chi connectivity index (χ3v) is 4.58. The SMILES string of the molecule is COc1ccc2[nH]cc(CC(=O)N3CCC(C(C)O)C3)c2c1. The van der Waals surface area contributed by atoms with Gasteiger partial charge in [0.1, 0.15) is 5.75 Å². The van der Waals surface area contributed by atoms with E-state index in [4.69, 9.17) is 4.74 Å². The Morgan fingerprint density at radius 1 is 1.55 bits per heavy atom. The molecule has 2 heterocycles. The van der Waals surface area contributed by atoms with Crippen molar-refractivity contribution in [2.75, 3.05) is 20.2 Å². The van der Waals surface area contributed by atoms with Crippen LogP contribution in [0.1, 0.15) is 18.9 Å². The summed E-state index contributed by atoms with van der Waals surface area (Å²) in [5.41, 5.74) is 1.99. The molecule has 0 aliphatic carbocycles. The molecule has 0 saturated carbocycles. The van der Waals surface area contributed by atoms with E-state index in [-0.39, 0.29) is 17.9 Å². The lowest BCUT2D eigenvalue weighted by Crippen LogP contribution is -2.31. The first-order chi connectivity index (χ1) is 10.6. The molecule has 118 valence electrons. The van der Waals surface area contributed by atoms with Gasteiger partial charge in [-0.1, -0.05) is 0 Å². The second-order valence-electron chi connectivity index (χ2n) is 6.03. The number of methoxy groups -OCH3 is 1. The number of aromatic amines is 1. The maximum atomic E-state index is 12.5. The maximum Gasteiger partial charge on any atom is 0.227 e. The van der Waals surface area contributed by atoms with Gasteiger partial charge in [0.15, 0.2) is 0 Å². The summed E-state index contributed by atoms with van der Waals surface area (Å²) in [4.78, 5) is 17.5. The van der Waals surface area contributed by atoms with Crippen molar-refractivity contribution in [3.63, 3.8) is 0 Å². The Kier molecular flexibility index (Phi) is 4.07. The highest BCUT2D eigenvalue weighted by Gasteiger charge is 2.29. The Balaban J connectivity index is 1.74. The lowest BCUT2D eigenvalue weighted by molar-refractivity contribution is -0.129. The molecule has 0 bridgehead atoms. The molecule has 1 fully saturated rings. The highest BCUT2D eigenvalue weighted by molar-refractivity contribution is 5.89. The minimum Gasteiger partial charge on any atom is -0.497 e. The van der Waals surface area contributed by atoms with E-state index in [1.165, 1.54) is 0 Å². The van der Waals surface area contributed by atoms with Gasteiger partial charge in [-0.3, -0.25) is 4.79 Å². The highest BCUT2D eigenvalue weighted by atomic mass is 16.5. The molecule has 0 spiro atoms. The minimum absolute atomic E-state index is 0.117. The molecule has 1 amide bonds. The summed E-state index contributed by atoms with van der Waals surface area (Å²) in [7, 11) is 1.64. The number of aliphatic hydroxyl groups excluding tert-OH is 1. The van der Waals surface area contributed by atoms with Crippen LogP contribution in [0.3, 0.4) is 0 Å². The number of likely N-dealkylation sites (tertiary alicyclic amines) is 1. The van der Waals surface area contributed by atoms with Crippen LogP contribution in [0.15, 0.2) is 24.4 Å². The Bertz CT molecular complexity index is 678. The molecule has 3 rings (SSSR count). The molecule has 1 saturated heterocycles. The molecular weight excluding hydrogens is 280 g/mol. The zero-order chi connectivity index (χ0) is 15.7. The van der Waals surface area contributed by atoms with Crippen LogP contribution in [0.25, 0.3) is 10.9 Å². The van der Waals surface area contributed by atoms with Crippen LogP contribution >= 0.6 is 0 Å². The average molecular weight is 302 g/mol. The van der Waals surface area contributed by atoms with Gasteiger partial charge in [0.05, 0.1) is 19.6 Å². The standard InChI is InChI=1S/C17H22N2O3/c1-11(20)12-5-6-19(10-12)17(21)7-13-9-18-16-4-3-14(22-2)8-15(13)16/h3-4,8-9,11-12,18,20H,5-7,10H2,1-2H3. The van der Waals surface area contributed by atoms with Gasteiger partial charge in [-0.25, -0.2) is 0 Å². The lowest BCUT2D eigenvalue weighted by atomic mass is 10.0. The number of fused-ring (bicyclic) bond motifs is 1. The summed E-state index contributed by atoms with van der Waals surface area (Å²) >= 11 is 0. The zero-order valence-electron chi connectivity index (χ0n) is 13.0.